The molecule has 30 heavy (non-hydrogen) atoms. The number of H-pyrrole nitrogens is 1. The molecule has 2 amide bonds. The lowest BCUT2D eigenvalue weighted by atomic mass is 10.0. The zero-order chi connectivity index (χ0) is 20.9. The molecule has 152 valence electrons. The molecule has 1 saturated heterocycles. The summed E-state index contributed by atoms with van der Waals surface area (Å²) in [7, 11) is 0. The topological polar surface area (TPSA) is 70.2 Å². The number of hydrogen-bond acceptors (Lipinski definition) is 4. The minimum absolute atomic E-state index is 0.0703. The van der Waals surface area contributed by atoms with Gasteiger partial charge in [-0.2, -0.15) is 0 Å². The third-order valence-electron chi connectivity index (χ3n) is 5.16. The Kier molecular flexibility index (Phi) is 6.14. The molecule has 3 aromatic rings. The summed E-state index contributed by atoms with van der Waals surface area (Å²) in [5.41, 5.74) is 3.17. The molecule has 1 fully saturated rings. The second-order valence-corrected chi connectivity index (χ2v) is 8.24. The molecular weight excluding hydrogens is 396 g/mol. The highest BCUT2D eigenvalue weighted by atomic mass is 32.2. The Bertz CT molecular complexity index is 1120. The highest BCUT2D eigenvalue weighted by Gasteiger charge is 2.34. The number of carbonyl (C=O) groups is 3. The van der Waals surface area contributed by atoms with Crippen LogP contribution in [0.4, 0.5) is 4.79 Å². The molecule has 6 heteroatoms. The number of aromatic nitrogens is 1. The van der Waals surface area contributed by atoms with E-state index in [4.69, 9.17) is 0 Å². The van der Waals surface area contributed by atoms with E-state index in [0.717, 1.165) is 35.7 Å². The number of aromatic amines is 1. The van der Waals surface area contributed by atoms with Crippen molar-refractivity contribution in [1.82, 2.24) is 9.88 Å². The lowest BCUT2D eigenvalue weighted by Gasteiger charge is -2.11. The predicted octanol–water partition coefficient (Wildman–Crippen LogP) is 5.19. The lowest BCUT2D eigenvalue weighted by Crippen LogP contribution is -2.30. The minimum atomic E-state index is -0.319. The minimum Gasteiger partial charge on any atom is -0.361 e. The third-order valence-corrected chi connectivity index (χ3v) is 6.07. The first kappa shape index (κ1) is 20.2. The fraction of sp³-hybridized carbons (Fsp3) is 0.208. The first-order valence-electron chi connectivity index (χ1n) is 9.99. The van der Waals surface area contributed by atoms with Gasteiger partial charge in [-0.15, -0.1) is 0 Å². The number of fused-ring (bicyclic) bond motifs is 1. The van der Waals surface area contributed by atoms with E-state index in [0.29, 0.717) is 11.3 Å². The van der Waals surface area contributed by atoms with E-state index in [9.17, 15) is 14.4 Å². The van der Waals surface area contributed by atoms with Crippen LogP contribution in [0.2, 0.25) is 0 Å². The van der Waals surface area contributed by atoms with E-state index >= 15 is 0 Å². The van der Waals surface area contributed by atoms with E-state index in [-0.39, 0.29) is 29.9 Å². The van der Waals surface area contributed by atoms with Gasteiger partial charge in [-0.3, -0.25) is 19.3 Å². The smallest absolute Gasteiger partial charge is 0.293 e. The summed E-state index contributed by atoms with van der Waals surface area (Å²) >= 11 is 0.929. The summed E-state index contributed by atoms with van der Waals surface area (Å²) in [6.07, 6.45) is 5.91. The van der Waals surface area contributed by atoms with Crippen LogP contribution in [0, 0.1) is 0 Å². The van der Waals surface area contributed by atoms with Gasteiger partial charge in [0.2, 0.25) is 0 Å². The number of nitrogens with zero attached hydrogens (tertiary/aromatic N) is 1. The summed E-state index contributed by atoms with van der Waals surface area (Å²) in [5.74, 6) is -0.249. The number of benzene rings is 2. The van der Waals surface area contributed by atoms with Crippen LogP contribution in [0.15, 0.2) is 65.7 Å². The molecular formula is C24H22N2O3S. The summed E-state index contributed by atoms with van der Waals surface area (Å²) < 4.78 is 0. The van der Waals surface area contributed by atoms with Crippen LogP contribution in [0.1, 0.15) is 30.4 Å². The van der Waals surface area contributed by atoms with Crippen molar-refractivity contribution in [3.05, 3.63) is 76.8 Å². The molecule has 4 rings (SSSR count). The van der Waals surface area contributed by atoms with Gasteiger partial charge >= 0.3 is 0 Å². The highest BCUT2D eigenvalue weighted by molar-refractivity contribution is 8.18. The Morgan fingerprint density at radius 1 is 1.00 bits per heavy atom. The first-order chi connectivity index (χ1) is 14.6. The number of carbonyl (C=O) groups excluding carboxylic acids is 3. The van der Waals surface area contributed by atoms with Crippen molar-refractivity contribution in [3.8, 4) is 0 Å². The zero-order valence-corrected chi connectivity index (χ0v) is 17.3. The van der Waals surface area contributed by atoms with Crippen molar-refractivity contribution < 1.29 is 14.4 Å². The molecule has 1 aliphatic heterocycles. The standard InChI is InChI=1S/C24H22N2O3S/c27-19(10-6-9-18-16-25-21-12-5-4-11-20(18)21)13-14-26-23(28)22(30-24(26)29)15-17-7-2-1-3-8-17/h1-5,7-8,11-12,15-16,25H,6,9-10,13-14H2/b22-15-. The quantitative estimate of drug-likeness (QED) is 0.511. The van der Waals surface area contributed by atoms with Gasteiger partial charge < -0.3 is 4.98 Å². The fourth-order valence-corrected chi connectivity index (χ4v) is 4.43. The van der Waals surface area contributed by atoms with Crippen LogP contribution in [0.25, 0.3) is 17.0 Å². The number of amides is 2. The van der Waals surface area contributed by atoms with Crippen molar-refractivity contribution >= 4 is 45.7 Å². The number of para-hydroxylation sites is 1. The normalized spacial score (nSPS) is 15.5. The third kappa shape index (κ3) is 4.54. The molecule has 2 heterocycles. The number of rotatable bonds is 8. The number of aryl methyl sites for hydroxylation is 1. The number of nitrogens with one attached hydrogen (secondary N) is 1. The van der Waals surface area contributed by atoms with Crippen LogP contribution in [-0.2, 0) is 16.0 Å². The second kappa shape index (κ2) is 9.13. The van der Waals surface area contributed by atoms with Gasteiger partial charge in [-0.05, 0) is 47.9 Å². The van der Waals surface area contributed by atoms with Gasteiger partial charge in [0.1, 0.15) is 5.78 Å². The molecule has 2 aromatic carbocycles. The molecule has 0 spiro atoms. The summed E-state index contributed by atoms with van der Waals surface area (Å²) in [5, 5.41) is 0.877. The average Bonchev–Trinajstić information content (AvgIpc) is 3.28. The maximum absolute atomic E-state index is 12.5. The van der Waals surface area contributed by atoms with Gasteiger partial charge in [0, 0.05) is 36.5 Å². The predicted molar refractivity (Wildman–Crippen MR) is 120 cm³/mol. The molecule has 5 nitrogen and oxygen atoms in total. The van der Waals surface area contributed by atoms with E-state index in [1.165, 1.54) is 15.8 Å². The van der Waals surface area contributed by atoms with Crippen molar-refractivity contribution in [2.45, 2.75) is 25.7 Å². The van der Waals surface area contributed by atoms with Crippen LogP contribution in [0.3, 0.4) is 0 Å². The zero-order valence-electron chi connectivity index (χ0n) is 16.5. The average molecular weight is 419 g/mol. The monoisotopic (exact) mass is 418 g/mol. The molecule has 1 aromatic heterocycles. The maximum Gasteiger partial charge on any atom is 0.293 e. The van der Waals surface area contributed by atoms with Crippen LogP contribution < -0.4 is 0 Å². The van der Waals surface area contributed by atoms with Gasteiger partial charge in [0.15, 0.2) is 0 Å². The Hall–Kier alpha value is -3.12. The molecule has 0 saturated carbocycles. The Labute approximate surface area is 179 Å². The molecule has 1 aliphatic rings. The van der Waals surface area contributed by atoms with Crippen molar-refractivity contribution in [3.63, 3.8) is 0 Å². The number of Topliss-reactive ketones (excluding diaryl/α,β-unsaturated/α-hetero) is 1. The fourth-order valence-electron chi connectivity index (χ4n) is 3.57. The van der Waals surface area contributed by atoms with Gasteiger partial charge in [0.25, 0.3) is 11.1 Å². The Balaban J connectivity index is 1.27. The Morgan fingerprint density at radius 2 is 1.77 bits per heavy atom. The Morgan fingerprint density at radius 3 is 2.60 bits per heavy atom. The van der Waals surface area contributed by atoms with Gasteiger partial charge in [0.05, 0.1) is 4.91 Å². The van der Waals surface area contributed by atoms with Crippen LogP contribution in [0.5, 0.6) is 0 Å². The largest absolute Gasteiger partial charge is 0.361 e. The van der Waals surface area contributed by atoms with Crippen LogP contribution >= 0.6 is 11.8 Å². The molecule has 0 atom stereocenters. The lowest BCUT2D eigenvalue weighted by molar-refractivity contribution is -0.123. The summed E-state index contributed by atoms with van der Waals surface area (Å²) in [6, 6.07) is 17.5. The van der Waals surface area contributed by atoms with Gasteiger partial charge in [-0.1, -0.05) is 48.5 Å². The first-order valence-corrected chi connectivity index (χ1v) is 10.8. The van der Waals surface area contributed by atoms with Crippen molar-refractivity contribution in [2.24, 2.45) is 0 Å². The number of thioether (sulfide) groups is 1. The maximum atomic E-state index is 12.5. The SMILES string of the molecule is O=C(CCCc1c[nH]c2ccccc12)CCN1C(=O)S/C(=C\c2ccccc2)C1=O. The van der Waals surface area contributed by atoms with Crippen LogP contribution in [-0.4, -0.2) is 33.4 Å². The summed E-state index contributed by atoms with van der Waals surface area (Å²) in [4.78, 5) is 41.9. The molecule has 0 unspecified atom stereocenters. The second-order valence-electron chi connectivity index (χ2n) is 7.25. The molecule has 1 N–H and O–H groups in total. The molecule has 0 bridgehead atoms. The van der Waals surface area contributed by atoms with E-state index in [2.05, 4.69) is 11.1 Å². The number of hydrogen-bond donors (Lipinski definition) is 1. The van der Waals surface area contributed by atoms with E-state index in [1.807, 2.05) is 54.7 Å². The van der Waals surface area contributed by atoms with E-state index < -0.39 is 0 Å². The molecule has 0 radical (unpaired) electrons. The van der Waals surface area contributed by atoms with Gasteiger partial charge in [-0.25, -0.2) is 0 Å². The van der Waals surface area contributed by atoms with Crippen molar-refractivity contribution in [1.29, 1.82) is 0 Å². The van der Waals surface area contributed by atoms with Crippen molar-refractivity contribution in [2.75, 3.05) is 6.54 Å². The highest BCUT2D eigenvalue weighted by Crippen LogP contribution is 2.32. The summed E-state index contributed by atoms with van der Waals surface area (Å²) in [6.45, 7) is 0.142. The number of imide groups is 1. The van der Waals surface area contributed by atoms with E-state index in [1.54, 1.807) is 6.08 Å². The molecule has 0 aliphatic carbocycles. The number of ketones is 1.